The zero-order chi connectivity index (χ0) is 22.0. The van der Waals surface area contributed by atoms with Gasteiger partial charge in [0.1, 0.15) is 0 Å². The molecular weight excluding hydrogens is 601 g/mol. The maximum Gasteiger partial charge on any atom is 2.00 e. The van der Waals surface area contributed by atoms with Crippen LogP contribution in [0.2, 0.25) is 0 Å². The maximum absolute atomic E-state index is 4.38. The molecule has 0 aliphatic rings. The van der Waals surface area contributed by atoms with Crippen LogP contribution in [-0.2, 0) is 21.1 Å². The summed E-state index contributed by atoms with van der Waals surface area (Å²) in [6.45, 7) is 0. The van der Waals surface area contributed by atoms with E-state index < -0.39 is 0 Å². The molecule has 0 aliphatic carbocycles. The predicted octanol–water partition coefficient (Wildman–Crippen LogP) is 6.28. The van der Waals surface area contributed by atoms with Crippen LogP contribution in [-0.4, -0.2) is 19.6 Å². The third-order valence-electron chi connectivity index (χ3n) is 5.52. The quantitative estimate of drug-likeness (QED) is 0.213. The molecule has 0 saturated heterocycles. The molecule has 0 saturated carbocycles. The van der Waals surface area contributed by atoms with Crippen molar-refractivity contribution in [1.29, 1.82) is 0 Å². The molecule has 0 amide bonds. The first kappa shape index (κ1) is 21.9. The summed E-state index contributed by atoms with van der Waals surface area (Å²) >= 11 is 0. The molecule has 6 aromatic rings. The molecule has 0 N–H and O–H groups in total. The van der Waals surface area contributed by atoms with Gasteiger partial charge < -0.3 is 4.90 Å². The van der Waals surface area contributed by atoms with Gasteiger partial charge in [-0.2, -0.15) is 22.3 Å². The van der Waals surface area contributed by atoms with Crippen LogP contribution < -0.4 is 4.90 Å². The van der Waals surface area contributed by atoms with Gasteiger partial charge in [0.25, 0.3) is 0 Å². The Morgan fingerprint density at radius 3 is 1.74 bits per heavy atom. The summed E-state index contributed by atoms with van der Waals surface area (Å²) in [5.74, 6) is 0. The van der Waals surface area contributed by atoms with Crippen LogP contribution in [0.5, 0.6) is 0 Å². The molecule has 6 heteroatoms. The maximum atomic E-state index is 4.38. The molecule has 4 aromatic carbocycles. The average Bonchev–Trinajstić information content (AvgIpc) is 3.60. The Morgan fingerprint density at radius 1 is 0.588 bits per heavy atom. The molecule has 2 aromatic heterocycles. The van der Waals surface area contributed by atoms with Crippen molar-refractivity contribution >= 4 is 27.8 Å². The van der Waals surface area contributed by atoms with Crippen LogP contribution in [0.25, 0.3) is 22.1 Å². The number of aromatic nitrogens is 4. The molecule has 2 heterocycles. The van der Waals surface area contributed by atoms with E-state index in [0.29, 0.717) is 0 Å². The van der Waals surface area contributed by atoms with E-state index in [2.05, 4.69) is 81.8 Å². The second-order valence-electron chi connectivity index (χ2n) is 7.58. The molecule has 0 atom stereocenters. The average molecular weight is 621 g/mol. The van der Waals surface area contributed by atoms with Gasteiger partial charge in [-0.05, 0) is 35.0 Å². The second kappa shape index (κ2) is 9.50. The summed E-state index contributed by atoms with van der Waals surface area (Å²) < 4.78 is 3.63. The fraction of sp³-hybridized carbons (Fsp3) is 0. The molecule has 166 valence electrons. The van der Waals surface area contributed by atoms with Gasteiger partial charge in [-0.3, -0.25) is 9.36 Å². The first-order valence-corrected chi connectivity index (χ1v) is 10.7. The van der Waals surface area contributed by atoms with Gasteiger partial charge in [0, 0.05) is 35.9 Å². The summed E-state index contributed by atoms with van der Waals surface area (Å²) in [5.41, 5.74) is 4.58. The third-order valence-corrected chi connectivity index (χ3v) is 5.52. The van der Waals surface area contributed by atoms with E-state index in [1.54, 1.807) is 12.4 Å². The number of fused-ring (bicyclic) bond motifs is 1. The zero-order valence-electron chi connectivity index (χ0n) is 18.0. The number of benzene rings is 4. The molecule has 0 bridgehead atoms. The minimum absolute atomic E-state index is 0. The van der Waals surface area contributed by atoms with Crippen molar-refractivity contribution in [1.82, 2.24) is 19.6 Å². The predicted molar refractivity (Wildman–Crippen MR) is 131 cm³/mol. The van der Waals surface area contributed by atoms with E-state index in [9.17, 15) is 0 Å². The minimum Gasteiger partial charge on any atom is -0.358 e. The topological polar surface area (TPSA) is 38.9 Å². The smallest absolute Gasteiger partial charge is 0.358 e. The van der Waals surface area contributed by atoms with Gasteiger partial charge in [0.05, 0.1) is 0 Å². The standard InChI is InChI=1S/C28H19N5.Pt/c1-2-14-27-22(8-1)9-3-15-28(27)33(25-12-4-10-23(20-25)31-18-6-16-29-31)26-13-5-11-24(21-26)32-19-7-17-30-32;/h1-19H;/q-2;+2. The zero-order valence-corrected chi connectivity index (χ0v) is 20.3. The first-order valence-electron chi connectivity index (χ1n) is 10.7. The Labute approximate surface area is 212 Å². The van der Waals surface area contributed by atoms with E-state index in [1.165, 1.54) is 5.39 Å². The van der Waals surface area contributed by atoms with Crippen LogP contribution in [0.15, 0.2) is 116 Å². The van der Waals surface area contributed by atoms with E-state index in [0.717, 1.165) is 33.8 Å². The van der Waals surface area contributed by atoms with Crippen molar-refractivity contribution in [2.24, 2.45) is 0 Å². The number of rotatable bonds is 5. The van der Waals surface area contributed by atoms with Crippen molar-refractivity contribution < 1.29 is 21.1 Å². The van der Waals surface area contributed by atoms with Gasteiger partial charge in [-0.15, -0.1) is 36.4 Å². The number of hydrogen-bond donors (Lipinski definition) is 0. The van der Waals surface area contributed by atoms with Gasteiger partial charge >= 0.3 is 21.1 Å². The third kappa shape index (κ3) is 4.07. The summed E-state index contributed by atoms with van der Waals surface area (Å²) in [5, 5.41) is 11.1. The summed E-state index contributed by atoms with van der Waals surface area (Å²) in [6.07, 6.45) is 7.37. The number of nitrogens with zero attached hydrogens (tertiary/aromatic N) is 5. The summed E-state index contributed by atoms with van der Waals surface area (Å²) in [7, 11) is 0. The molecule has 34 heavy (non-hydrogen) atoms. The molecule has 0 spiro atoms. The Kier molecular flexibility index (Phi) is 6.11. The fourth-order valence-electron chi connectivity index (χ4n) is 4.03. The van der Waals surface area contributed by atoms with Crippen LogP contribution in [0.3, 0.4) is 0 Å². The molecule has 0 radical (unpaired) electrons. The molecule has 0 fully saturated rings. The Hall–Kier alpha value is -3.95. The molecule has 6 rings (SSSR count). The molecule has 0 aliphatic heterocycles. The Bertz CT molecular complexity index is 1440. The van der Waals surface area contributed by atoms with Crippen LogP contribution >= 0.6 is 0 Å². The van der Waals surface area contributed by atoms with Gasteiger partial charge in [0.15, 0.2) is 0 Å². The Balaban J connectivity index is 0.00000241. The van der Waals surface area contributed by atoms with Crippen molar-refractivity contribution in [3.8, 4) is 11.4 Å². The first-order chi connectivity index (χ1) is 16.4. The molecular formula is C28H19N5Pt. The van der Waals surface area contributed by atoms with E-state index >= 15 is 0 Å². The van der Waals surface area contributed by atoms with Gasteiger partial charge in [-0.1, -0.05) is 47.8 Å². The monoisotopic (exact) mass is 620 g/mol. The van der Waals surface area contributed by atoms with Crippen molar-refractivity contribution in [2.45, 2.75) is 0 Å². The summed E-state index contributed by atoms with van der Waals surface area (Å²) in [4.78, 5) is 2.18. The van der Waals surface area contributed by atoms with Gasteiger partial charge in [-0.25, -0.2) is 0 Å². The van der Waals surface area contributed by atoms with Crippen LogP contribution in [0.1, 0.15) is 0 Å². The summed E-state index contributed by atoms with van der Waals surface area (Å²) in [6, 6.07) is 37.8. The van der Waals surface area contributed by atoms with E-state index in [4.69, 9.17) is 0 Å². The van der Waals surface area contributed by atoms with Crippen molar-refractivity contribution in [3.63, 3.8) is 0 Å². The Morgan fingerprint density at radius 2 is 1.15 bits per heavy atom. The number of hydrogen-bond acceptors (Lipinski definition) is 3. The fourth-order valence-corrected chi connectivity index (χ4v) is 4.03. The van der Waals surface area contributed by atoms with E-state index in [-0.39, 0.29) is 21.1 Å². The van der Waals surface area contributed by atoms with Crippen LogP contribution in [0.4, 0.5) is 17.1 Å². The number of anilines is 3. The van der Waals surface area contributed by atoms with Crippen molar-refractivity contribution in [3.05, 3.63) is 128 Å². The molecule has 0 unspecified atom stereocenters. The second-order valence-corrected chi connectivity index (χ2v) is 7.58. The largest absolute Gasteiger partial charge is 2.00 e. The minimum atomic E-state index is 0. The van der Waals surface area contributed by atoms with Crippen LogP contribution in [0, 0.1) is 12.1 Å². The van der Waals surface area contributed by atoms with E-state index in [1.807, 2.05) is 58.2 Å². The normalized spacial score (nSPS) is 10.7. The molecule has 5 nitrogen and oxygen atoms in total. The SMILES string of the molecule is [Pt+2].[c-]1c(N(c2[c-]c(-n3cccn3)ccc2)c2cccc3ccccc23)cccc1-n1cccn1. The van der Waals surface area contributed by atoms with Crippen molar-refractivity contribution in [2.75, 3.05) is 4.90 Å². The van der Waals surface area contributed by atoms with Gasteiger partial charge in [0.2, 0.25) is 0 Å².